The van der Waals surface area contributed by atoms with Crippen LogP contribution in [0.4, 0.5) is 0 Å². The normalized spacial score (nSPS) is 12.1. The van der Waals surface area contributed by atoms with Gasteiger partial charge in [-0.3, -0.25) is 0 Å². The molecule has 2 aromatic heterocycles. The molecule has 0 fully saturated rings. The molecule has 0 aliphatic heterocycles. The monoisotopic (exact) mass is 300 g/mol. The third-order valence-corrected chi connectivity index (χ3v) is 3.51. The molecular formula is C17H20N2O3. The Kier molecular flexibility index (Phi) is 4.27. The zero-order chi connectivity index (χ0) is 15.4. The molecule has 0 saturated carbocycles. The van der Waals surface area contributed by atoms with Gasteiger partial charge in [0.15, 0.2) is 5.76 Å². The van der Waals surface area contributed by atoms with Crippen LogP contribution in [0.3, 0.4) is 0 Å². The first kappa shape index (κ1) is 14.8. The Labute approximate surface area is 129 Å². The Balaban J connectivity index is 2.05. The van der Waals surface area contributed by atoms with Gasteiger partial charge in [-0.2, -0.15) is 0 Å². The molecule has 3 rings (SSSR count). The third-order valence-electron chi connectivity index (χ3n) is 3.51. The van der Waals surface area contributed by atoms with E-state index in [1.165, 1.54) is 0 Å². The lowest BCUT2D eigenvalue weighted by atomic mass is 10.1. The lowest BCUT2D eigenvalue weighted by molar-refractivity contribution is -0.259. The largest absolute Gasteiger partial charge is 0.455 e. The van der Waals surface area contributed by atoms with Crippen molar-refractivity contribution >= 4 is 11.0 Å². The molecule has 0 N–H and O–H groups in total. The highest BCUT2D eigenvalue weighted by Crippen LogP contribution is 2.34. The van der Waals surface area contributed by atoms with Crippen molar-refractivity contribution in [2.45, 2.75) is 26.2 Å². The van der Waals surface area contributed by atoms with Crippen molar-refractivity contribution in [1.82, 2.24) is 9.55 Å². The molecule has 0 atom stereocenters. The van der Waals surface area contributed by atoms with E-state index in [-0.39, 0.29) is 0 Å². The van der Waals surface area contributed by atoms with Crippen LogP contribution >= 0.6 is 0 Å². The SMILES string of the molecule is CCOC(Cn1ccnc1)(OCC)c1cc2ccccc2o1. The molecule has 0 amide bonds. The second-order valence-electron chi connectivity index (χ2n) is 5.00. The van der Waals surface area contributed by atoms with E-state index in [0.717, 1.165) is 11.0 Å². The molecule has 5 heteroatoms. The van der Waals surface area contributed by atoms with Crippen molar-refractivity contribution in [3.63, 3.8) is 0 Å². The Morgan fingerprint density at radius 1 is 1.18 bits per heavy atom. The van der Waals surface area contributed by atoms with Gasteiger partial charge in [0.1, 0.15) is 5.58 Å². The van der Waals surface area contributed by atoms with Crippen LogP contribution in [-0.4, -0.2) is 22.8 Å². The van der Waals surface area contributed by atoms with Crippen LogP contribution in [0, 0.1) is 0 Å². The summed E-state index contributed by atoms with van der Waals surface area (Å²) < 4.78 is 19.9. The number of nitrogens with zero attached hydrogens (tertiary/aromatic N) is 2. The number of fused-ring (bicyclic) bond motifs is 1. The summed E-state index contributed by atoms with van der Waals surface area (Å²) in [5.41, 5.74) is 0.826. The molecule has 22 heavy (non-hydrogen) atoms. The molecule has 0 aliphatic rings. The minimum atomic E-state index is -0.955. The quantitative estimate of drug-likeness (QED) is 0.626. The maximum absolute atomic E-state index is 6.00. The summed E-state index contributed by atoms with van der Waals surface area (Å²) in [7, 11) is 0. The van der Waals surface area contributed by atoms with Crippen molar-refractivity contribution in [2.24, 2.45) is 0 Å². The smallest absolute Gasteiger partial charge is 0.247 e. The fourth-order valence-electron chi connectivity index (χ4n) is 2.61. The van der Waals surface area contributed by atoms with Crippen molar-refractivity contribution in [3.05, 3.63) is 54.8 Å². The number of rotatable bonds is 7. The van der Waals surface area contributed by atoms with Crippen LogP contribution < -0.4 is 0 Å². The number of ether oxygens (including phenoxy) is 2. The van der Waals surface area contributed by atoms with E-state index in [1.807, 2.05) is 54.9 Å². The molecule has 3 aromatic rings. The number of hydrogen-bond acceptors (Lipinski definition) is 4. The fraction of sp³-hybridized carbons (Fsp3) is 0.353. The minimum Gasteiger partial charge on any atom is -0.455 e. The van der Waals surface area contributed by atoms with Gasteiger partial charge in [-0.05, 0) is 26.0 Å². The summed E-state index contributed by atoms with van der Waals surface area (Å²) in [4.78, 5) is 4.08. The number of para-hydroxylation sites is 1. The van der Waals surface area contributed by atoms with Gasteiger partial charge < -0.3 is 18.5 Å². The summed E-state index contributed by atoms with van der Waals surface area (Å²) in [5, 5.41) is 1.03. The number of imidazole rings is 1. The predicted molar refractivity (Wildman–Crippen MR) is 83.4 cm³/mol. The zero-order valence-corrected chi connectivity index (χ0v) is 12.9. The Morgan fingerprint density at radius 3 is 2.59 bits per heavy atom. The molecule has 1 aromatic carbocycles. The van der Waals surface area contributed by atoms with Gasteiger partial charge in [0, 0.05) is 31.0 Å². The number of furan rings is 1. The van der Waals surface area contributed by atoms with E-state index in [4.69, 9.17) is 13.9 Å². The molecule has 0 unspecified atom stereocenters. The molecule has 2 heterocycles. The first-order valence-electron chi connectivity index (χ1n) is 7.50. The van der Waals surface area contributed by atoms with Crippen molar-refractivity contribution in [2.75, 3.05) is 13.2 Å². The lowest BCUT2D eigenvalue weighted by Crippen LogP contribution is -2.37. The second kappa shape index (κ2) is 6.34. The van der Waals surface area contributed by atoms with Gasteiger partial charge >= 0.3 is 0 Å². The average molecular weight is 300 g/mol. The lowest BCUT2D eigenvalue weighted by Gasteiger charge is -2.31. The number of benzene rings is 1. The van der Waals surface area contributed by atoms with E-state index in [2.05, 4.69) is 4.98 Å². The molecule has 0 bridgehead atoms. The highest BCUT2D eigenvalue weighted by atomic mass is 16.7. The highest BCUT2D eigenvalue weighted by Gasteiger charge is 2.38. The number of aromatic nitrogens is 2. The molecule has 0 saturated heterocycles. The summed E-state index contributed by atoms with van der Waals surface area (Å²) in [5.74, 6) is -0.283. The Hall–Kier alpha value is -2.11. The van der Waals surface area contributed by atoms with Gasteiger partial charge in [0.05, 0.1) is 12.9 Å². The topological polar surface area (TPSA) is 49.4 Å². The van der Waals surface area contributed by atoms with Gasteiger partial charge in [0.2, 0.25) is 5.79 Å². The first-order chi connectivity index (χ1) is 10.8. The van der Waals surface area contributed by atoms with E-state index in [1.54, 1.807) is 12.5 Å². The van der Waals surface area contributed by atoms with Crippen LogP contribution in [0.25, 0.3) is 11.0 Å². The maximum atomic E-state index is 6.00. The van der Waals surface area contributed by atoms with Crippen LogP contribution in [0.2, 0.25) is 0 Å². The standard InChI is InChI=1S/C17H20N2O3/c1-3-20-17(21-4-2,12-19-10-9-18-13-19)16-11-14-7-5-6-8-15(14)22-16/h5-11,13H,3-4,12H2,1-2H3. The van der Waals surface area contributed by atoms with Gasteiger partial charge in [0.25, 0.3) is 0 Å². The Bertz CT molecular complexity index is 679. The van der Waals surface area contributed by atoms with Gasteiger partial charge in [-0.1, -0.05) is 18.2 Å². The molecule has 5 nitrogen and oxygen atoms in total. The maximum Gasteiger partial charge on any atom is 0.247 e. The van der Waals surface area contributed by atoms with Crippen molar-refractivity contribution in [1.29, 1.82) is 0 Å². The van der Waals surface area contributed by atoms with E-state index in [0.29, 0.717) is 25.5 Å². The van der Waals surface area contributed by atoms with Crippen LogP contribution in [0.1, 0.15) is 19.6 Å². The van der Waals surface area contributed by atoms with E-state index in [9.17, 15) is 0 Å². The minimum absolute atomic E-state index is 0.481. The Morgan fingerprint density at radius 2 is 1.95 bits per heavy atom. The van der Waals surface area contributed by atoms with Gasteiger partial charge in [-0.15, -0.1) is 0 Å². The predicted octanol–water partition coefficient (Wildman–Crippen LogP) is 3.56. The fourth-order valence-corrected chi connectivity index (χ4v) is 2.61. The third kappa shape index (κ3) is 2.77. The first-order valence-corrected chi connectivity index (χ1v) is 7.50. The molecule has 0 aliphatic carbocycles. The molecular weight excluding hydrogens is 280 g/mol. The van der Waals surface area contributed by atoms with E-state index < -0.39 is 5.79 Å². The molecule has 116 valence electrons. The van der Waals surface area contributed by atoms with E-state index >= 15 is 0 Å². The van der Waals surface area contributed by atoms with Crippen LogP contribution in [-0.2, 0) is 21.8 Å². The van der Waals surface area contributed by atoms with Crippen molar-refractivity contribution in [3.8, 4) is 0 Å². The summed E-state index contributed by atoms with van der Waals surface area (Å²) in [6.45, 7) is 5.42. The molecule has 0 spiro atoms. The second-order valence-corrected chi connectivity index (χ2v) is 5.00. The number of hydrogen-bond donors (Lipinski definition) is 0. The average Bonchev–Trinajstić information content (AvgIpc) is 3.16. The molecule has 0 radical (unpaired) electrons. The van der Waals surface area contributed by atoms with Crippen LogP contribution in [0.5, 0.6) is 0 Å². The summed E-state index contributed by atoms with van der Waals surface area (Å²) in [6, 6.07) is 9.88. The summed E-state index contributed by atoms with van der Waals surface area (Å²) in [6.07, 6.45) is 5.37. The highest BCUT2D eigenvalue weighted by molar-refractivity contribution is 5.77. The zero-order valence-electron chi connectivity index (χ0n) is 12.9. The van der Waals surface area contributed by atoms with Crippen molar-refractivity contribution < 1.29 is 13.9 Å². The summed E-state index contributed by atoms with van der Waals surface area (Å²) >= 11 is 0. The van der Waals surface area contributed by atoms with Gasteiger partial charge in [-0.25, -0.2) is 4.98 Å². The van der Waals surface area contributed by atoms with Crippen LogP contribution in [0.15, 0.2) is 53.5 Å².